The van der Waals surface area contributed by atoms with E-state index in [1.165, 1.54) is 0 Å². The molecule has 2 unspecified atom stereocenters. The van der Waals surface area contributed by atoms with Crippen LogP contribution in [-0.2, 0) is 16.1 Å². The quantitative estimate of drug-likeness (QED) is 0.764. The molecule has 1 aromatic rings. The molecule has 3 rings (SSSR count). The Bertz CT molecular complexity index is 552. The number of hydrogen-bond acceptors (Lipinski definition) is 7. The summed E-state index contributed by atoms with van der Waals surface area (Å²) in [5.41, 5.74) is 0.871. The van der Waals surface area contributed by atoms with Crippen LogP contribution in [0.2, 0.25) is 0 Å². The topological polar surface area (TPSA) is 81.7 Å². The summed E-state index contributed by atoms with van der Waals surface area (Å²) < 4.78 is 16.2. The summed E-state index contributed by atoms with van der Waals surface area (Å²) in [5, 5.41) is 6.68. The number of fused-ring (bicyclic) bond motifs is 1. The van der Waals surface area contributed by atoms with Crippen LogP contribution in [0.5, 0.6) is 11.5 Å². The lowest BCUT2D eigenvalue weighted by molar-refractivity contribution is -0.149. The minimum absolute atomic E-state index is 0.0882. The predicted molar refractivity (Wildman–Crippen MR) is 83.5 cm³/mol. The van der Waals surface area contributed by atoms with E-state index in [0.717, 1.165) is 24.4 Å². The second kappa shape index (κ2) is 7.61. The number of pyridine rings is 1. The first-order valence-corrected chi connectivity index (χ1v) is 8.13. The van der Waals surface area contributed by atoms with Gasteiger partial charge in [-0.3, -0.25) is 9.78 Å². The van der Waals surface area contributed by atoms with E-state index < -0.39 is 0 Å². The molecule has 0 amide bonds. The molecule has 1 fully saturated rings. The average molecular weight is 321 g/mol. The predicted octanol–water partition coefficient (Wildman–Crippen LogP) is 0.484. The average Bonchev–Trinajstić information content (AvgIpc) is 2.60. The van der Waals surface area contributed by atoms with Gasteiger partial charge in [0.15, 0.2) is 11.5 Å². The molecule has 126 valence electrons. The molecule has 1 aromatic heterocycles. The zero-order valence-electron chi connectivity index (χ0n) is 13.3. The fourth-order valence-electron chi connectivity index (χ4n) is 2.92. The number of piperidine rings is 1. The molecule has 2 atom stereocenters. The lowest BCUT2D eigenvalue weighted by atomic mass is 9.93. The first-order chi connectivity index (χ1) is 11.3. The van der Waals surface area contributed by atoms with Crippen molar-refractivity contribution in [1.29, 1.82) is 0 Å². The van der Waals surface area contributed by atoms with Crippen molar-refractivity contribution in [3.8, 4) is 11.5 Å². The zero-order valence-corrected chi connectivity index (χ0v) is 13.3. The van der Waals surface area contributed by atoms with Crippen LogP contribution in [-0.4, -0.2) is 49.9 Å². The zero-order chi connectivity index (χ0) is 16.1. The standard InChI is InChI=1S/C16H23N3O4/c1-2-21-16(20)12-9-17-4-3-13(12)19-8-11-7-14-15(10-18-11)23-6-5-22-14/h7,10,12-13,17,19H,2-6,8-9H2,1H3. The fourth-order valence-corrected chi connectivity index (χ4v) is 2.92. The van der Waals surface area contributed by atoms with Crippen LogP contribution in [0.15, 0.2) is 12.3 Å². The van der Waals surface area contributed by atoms with Gasteiger partial charge in [-0.2, -0.15) is 0 Å². The number of nitrogens with one attached hydrogen (secondary N) is 2. The Morgan fingerprint density at radius 2 is 2.26 bits per heavy atom. The fraction of sp³-hybridized carbons (Fsp3) is 0.625. The number of rotatable bonds is 5. The highest BCUT2D eigenvalue weighted by molar-refractivity contribution is 5.73. The highest BCUT2D eigenvalue weighted by Crippen LogP contribution is 2.29. The van der Waals surface area contributed by atoms with E-state index in [0.29, 0.717) is 38.7 Å². The summed E-state index contributed by atoms with van der Waals surface area (Å²) in [7, 11) is 0. The van der Waals surface area contributed by atoms with Crippen molar-refractivity contribution >= 4 is 5.97 Å². The Morgan fingerprint density at radius 1 is 1.43 bits per heavy atom. The van der Waals surface area contributed by atoms with Gasteiger partial charge in [-0.15, -0.1) is 0 Å². The Balaban J connectivity index is 1.60. The van der Waals surface area contributed by atoms with E-state index >= 15 is 0 Å². The number of aromatic nitrogens is 1. The van der Waals surface area contributed by atoms with Crippen molar-refractivity contribution in [2.24, 2.45) is 5.92 Å². The molecule has 2 N–H and O–H groups in total. The van der Waals surface area contributed by atoms with Gasteiger partial charge in [-0.1, -0.05) is 0 Å². The Morgan fingerprint density at radius 3 is 3.09 bits per heavy atom. The second-order valence-electron chi connectivity index (χ2n) is 5.66. The van der Waals surface area contributed by atoms with Gasteiger partial charge in [0.05, 0.1) is 24.4 Å². The third-order valence-electron chi connectivity index (χ3n) is 4.10. The van der Waals surface area contributed by atoms with Crippen molar-refractivity contribution in [2.75, 3.05) is 32.9 Å². The molecule has 0 spiro atoms. The van der Waals surface area contributed by atoms with Crippen molar-refractivity contribution < 1.29 is 19.0 Å². The largest absolute Gasteiger partial charge is 0.486 e. The molecule has 2 aliphatic heterocycles. The van der Waals surface area contributed by atoms with Gasteiger partial charge in [-0.05, 0) is 19.9 Å². The van der Waals surface area contributed by atoms with Gasteiger partial charge < -0.3 is 24.8 Å². The van der Waals surface area contributed by atoms with Gasteiger partial charge in [0.25, 0.3) is 0 Å². The van der Waals surface area contributed by atoms with Crippen LogP contribution in [0, 0.1) is 5.92 Å². The van der Waals surface area contributed by atoms with E-state index in [-0.39, 0.29) is 17.9 Å². The van der Waals surface area contributed by atoms with Gasteiger partial charge >= 0.3 is 5.97 Å². The molecule has 0 bridgehead atoms. The van der Waals surface area contributed by atoms with Crippen molar-refractivity contribution in [3.05, 3.63) is 18.0 Å². The number of esters is 1. The summed E-state index contributed by atoms with van der Waals surface area (Å²) in [5.74, 6) is 1.11. The molecule has 2 aliphatic rings. The highest BCUT2D eigenvalue weighted by Gasteiger charge is 2.31. The van der Waals surface area contributed by atoms with Crippen LogP contribution >= 0.6 is 0 Å². The van der Waals surface area contributed by atoms with Crippen molar-refractivity contribution in [2.45, 2.75) is 25.9 Å². The SMILES string of the molecule is CCOC(=O)C1CNCCC1NCc1cc2c(cn1)OCCO2. The molecule has 0 saturated carbocycles. The molecule has 0 aromatic carbocycles. The number of nitrogens with zero attached hydrogens (tertiary/aromatic N) is 1. The van der Waals surface area contributed by atoms with E-state index in [4.69, 9.17) is 14.2 Å². The summed E-state index contributed by atoms with van der Waals surface area (Å²) in [6.07, 6.45) is 2.57. The molecule has 0 radical (unpaired) electrons. The molecule has 23 heavy (non-hydrogen) atoms. The van der Waals surface area contributed by atoms with Gasteiger partial charge in [-0.25, -0.2) is 0 Å². The molecule has 1 saturated heterocycles. The second-order valence-corrected chi connectivity index (χ2v) is 5.66. The van der Waals surface area contributed by atoms with Gasteiger partial charge in [0.2, 0.25) is 0 Å². The molecule has 7 heteroatoms. The Kier molecular flexibility index (Phi) is 5.30. The van der Waals surface area contributed by atoms with E-state index in [1.54, 1.807) is 6.20 Å². The monoisotopic (exact) mass is 321 g/mol. The third-order valence-corrected chi connectivity index (χ3v) is 4.10. The van der Waals surface area contributed by atoms with E-state index in [2.05, 4.69) is 15.6 Å². The lowest BCUT2D eigenvalue weighted by Crippen LogP contribution is -2.51. The minimum atomic E-state index is -0.166. The summed E-state index contributed by atoms with van der Waals surface area (Å²) in [4.78, 5) is 16.4. The summed E-state index contributed by atoms with van der Waals surface area (Å²) in [6.45, 7) is 5.47. The number of hydrogen-bond donors (Lipinski definition) is 2. The minimum Gasteiger partial charge on any atom is -0.486 e. The maximum Gasteiger partial charge on any atom is 0.311 e. The van der Waals surface area contributed by atoms with Crippen LogP contribution in [0.3, 0.4) is 0 Å². The number of ether oxygens (including phenoxy) is 3. The van der Waals surface area contributed by atoms with Crippen molar-refractivity contribution in [1.82, 2.24) is 15.6 Å². The summed E-state index contributed by atoms with van der Waals surface area (Å²) >= 11 is 0. The number of carbonyl (C=O) groups excluding carboxylic acids is 1. The third kappa shape index (κ3) is 3.92. The van der Waals surface area contributed by atoms with Crippen molar-refractivity contribution in [3.63, 3.8) is 0 Å². The molecular formula is C16H23N3O4. The van der Waals surface area contributed by atoms with Crippen LogP contribution in [0.1, 0.15) is 19.0 Å². The molecule has 3 heterocycles. The maximum atomic E-state index is 12.1. The smallest absolute Gasteiger partial charge is 0.311 e. The van der Waals surface area contributed by atoms with E-state index in [1.807, 2.05) is 13.0 Å². The van der Waals surface area contributed by atoms with Crippen LogP contribution < -0.4 is 20.1 Å². The maximum absolute atomic E-state index is 12.1. The van der Waals surface area contributed by atoms with Crippen LogP contribution in [0.25, 0.3) is 0 Å². The Hall–Kier alpha value is -1.86. The molecule has 0 aliphatic carbocycles. The van der Waals surface area contributed by atoms with Gasteiger partial charge in [0.1, 0.15) is 13.2 Å². The number of carbonyl (C=O) groups is 1. The van der Waals surface area contributed by atoms with Crippen LogP contribution in [0.4, 0.5) is 0 Å². The normalized spacial score (nSPS) is 23.3. The van der Waals surface area contributed by atoms with E-state index in [9.17, 15) is 4.79 Å². The first-order valence-electron chi connectivity index (χ1n) is 8.13. The highest BCUT2D eigenvalue weighted by atomic mass is 16.6. The molecular weight excluding hydrogens is 298 g/mol. The Labute approximate surface area is 135 Å². The molecule has 7 nitrogen and oxygen atoms in total. The summed E-state index contributed by atoms with van der Waals surface area (Å²) in [6, 6.07) is 1.98. The van der Waals surface area contributed by atoms with Gasteiger partial charge in [0, 0.05) is 25.2 Å². The first kappa shape index (κ1) is 16.0. The lowest BCUT2D eigenvalue weighted by Gasteiger charge is -2.31.